The lowest BCUT2D eigenvalue weighted by Crippen LogP contribution is -2.03. The summed E-state index contributed by atoms with van der Waals surface area (Å²) in [6.45, 7) is 6.59. The number of para-hydroxylation sites is 2. The fourth-order valence-corrected chi connectivity index (χ4v) is 5.03. The Labute approximate surface area is 184 Å². The van der Waals surface area contributed by atoms with E-state index in [4.69, 9.17) is 0 Å². The standard InChI is InChI=1S/C29H30N2/c1-3-18-30-20-25(23-14-8-10-16-27(23)30)29(22-12-6-5-7-13-22)26-21-31(19-4-2)28-17-11-9-15-24(26)28/h5-17,20-21,29H,3-4,18-19H2,1-2H3. The van der Waals surface area contributed by atoms with E-state index in [0.29, 0.717) is 0 Å². The van der Waals surface area contributed by atoms with Gasteiger partial charge in [-0.3, -0.25) is 0 Å². The molecule has 0 bridgehead atoms. The molecule has 2 heterocycles. The Morgan fingerprint density at radius 2 is 1.03 bits per heavy atom. The Hall–Kier alpha value is -3.26. The third-order valence-electron chi connectivity index (χ3n) is 6.32. The molecule has 0 aliphatic rings. The monoisotopic (exact) mass is 406 g/mol. The Morgan fingerprint density at radius 3 is 1.52 bits per heavy atom. The smallest absolute Gasteiger partial charge is 0.0483 e. The van der Waals surface area contributed by atoms with Crippen LogP contribution in [-0.2, 0) is 13.1 Å². The lowest BCUT2D eigenvalue weighted by atomic mass is 9.85. The molecule has 0 spiro atoms. The van der Waals surface area contributed by atoms with Crippen molar-refractivity contribution >= 4 is 21.8 Å². The largest absolute Gasteiger partial charge is 0.347 e. The number of hydrogen-bond donors (Lipinski definition) is 0. The lowest BCUT2D eigenvalue weighted by molar-refractivity contribution is 0.696. The van der Waals surface area contributed by atoms with Crippen LogP contribution in [0.25, 0.3) is 21.8 Å². The van der Waals surface area contributed by atoms with E-state index in [0.717, 1.165) is 25.9 Å². The number of nitrogens with zero attached hydrogens (tertiary/aromatic N) is 2. The summed E-state index contributed by atoms with van der Waals surface area (Å²) in [5, 5.41) is 2.72. The summed E-state index contributed by atoms with van der Waals surface area (Å²) in [6.07, 6.45) is 7.06. The molecule has 0 unspecified atom stereocenters. The van der Waals surface area contributed by atoms with Crippen molar-refractivity contribution in [2.75, 3.05) is 0 Å². The van der Waals surface area contributed by atoms with Gasteiger partial charge in [-0.05, 0) is 41.7 Å². The van der Waals surface area contributed by atoms with E-state index < -0.39 is 0 Å². The number of aromatic nitrogens is 2. The van der Waals surface area contributed by atoms with E-state index in [1.165, 1.54) is 38.5 Å². The van der Waals surface area contributed by atoms with Crippen LogP contribution in [0.1, 0.15) is 49.3 Å². The summed E-state index contributed by atoms with van der Waals surface area (Å²) in [5.74, 6) is 0.201. The first-order valence-electron chi connectivity index (χ1n) is 11.5. The molecule has 3 aromatic carbocycles. The van der Waals surface area contributed by atoms with Gasteiger partial charge >= 0.3 is 0 Å². The summed E-state index contributed by atoms with van der Waals surface area (Å²) in [6, 6.07) is 28.8. The second-order valence-corrected chi connectivity index (χ2v) is 8.43. The SMILES string of the molecule is CCCn1cc(C(c2ccccc2)c2cn(CCC)c3ccccc23)c2ccccc21. The predicted molar refractivity (Wildman–Crippen MR) is 132 cm³/mol. The number of fused-ring (bicyclic) bond motifs is 2. The van der Waals surface area contributed by atoms with Crippen LogP contribution in [0.2, 0.25) is 0 Å². The Kier molecular flexibility index (Phi) is 5.38. The fourth-order valence-electron chi connectivity index (χ4n) is 5.03. The molecule has 0 radical (unpaired) electrons. The van der Waals surface area contributed by atoms with Gasteiger partial charge in [0.15, 0.2) is 0 Å². The van der Waals surface area contributed by atoms with Gasteiger partial charge in [-0.2, -0.15) is 0 Å². The topological polar surface area (TPSA) is 9.86 Å². The van der Waals surface area contributed by atoms with Gasteiger partial charge in [0, 0.05) is 53.2 Å². The van der Waals surface area contributed by atoms with Crippen molar-refractivity contribution in [1.82, 2.24) is 9.13 Å². The molecule has 0 aliphatic carbocycles. The van der Waals surface area contributed by atoms with Gasteiger partial charge < -0.3 is 9.13 Å². The van der Waals surface area contributed by atoms with Gasteiger partial charge in [0.1, 0.15) is 0 Å². The molecule has 0 amide bonds. The van der Waals surface area contributed by atoms with E-state index in [1.54, 1.807) is 0 Å². The quantitative estimate of drug-likeness (QED) is 0.263. The summed E-state index contributed by atoms with van der Waals surface area (Å²) in [7, 11) is 0. The van der Waals surface area contributed by atoms with Crippen LogP contribution in [0.15, 0.2) is 91.3 Å². The number of aryl methyl sites for hydroxylation is 2. The number of hydrogen-bond acceptors (Lipinski definition) is 0. The first-order valence-corrected chi connectivity index (χ1v) is 11.5. The highest BCUT2D eigenvalue weighted by atomic mass is 15.0. The Bertz CT molecular complexity index is 1220. The van der Waals surface area contributed by atoms with Gasteiger partial charge in [-0.1, -0.05) is 80.6 Å². The van der Waals surface area contributed by atoms with Crippen molar-refractivity contribution in [1.29, 1.82) is 0 Å². The molecule has 0 N–H and O–H groups in total. The van der Waals surface area contributed by atoms with Crippen molar-refractivity contribution in [3.63, 3.8) is 0 Å². The van der Waals surface area contributed by atoms with E-state index in [-0.39, 0.29) is 5.92 Å². The summed E-state index contributed by atoms with van der Waals surface area (Å²) < 4.78 is 4.87. The predicted octanol–water partition coefficient (Wildman–Crippen LogP) is 7.60. The van der Waals surface area contributed by atoms with Crippen molar-refractivity contribution in [2.24, 2.45) is 0 Å². The minimum absolute atomic E-state index is 0.201. The second-order valence-electron chi connectivity index (χ2n) is 8.43. The van der Waals surface area contributed by atoms with Crippen molar-refractivity contribution < 1.29 is 0 Å². The van der Waals surface area contributed by atoms with Crippen molar-refractivity contribution in [3.05, 3.63) is 108 Å². The van der Waals surface area contributed by atoms with Crippen LogP contribution in [0.5, 0.6) is 0 Å². The van der Waals surface area contributed by atoms with Crippen molar-refractivity contribution in [2.45, 2.75) is 45.7 Å². The maximum absolute atomic E-state index is 2.44. The molecule has 0 saturated heterocycles. The summed E-state index contributed by atoms with van der Waals surface area (Å²) >= 11 is 0. The molecule has 2 aromatic heterocycles. The molecule has 5 aromatic rings. The molecule has 2 nitrogen and oxygen atoms in total. The van der Waals surface area contributed by atoms with Gasteiger partial charge in [-0.15, -0.1) is 0 Å². The average molecular weight is 407 g/mol. The molecular formula is C29H30N2. The zero-order chi connectivity index (χ0) is 21.2. The van der Waals surface area contributed by atoms with Crippen LogP contribution in [0.3, 0.4) is 0 Å². The maximum Gasteiger partial charge on any atom is 0.0483 e. The van der Waals surface area contributed by atoms with E-state index in [2.05, 4.69) is 114 Å². The average Bonchev–Trinajstić information content (AvgIpc) is 3.35. The first-order chi connectivity index (χ1) is 15.3. The summed E-state index contributed by atoms with van der Waals surface area (Å²) in [5.41, 5.74) is 6.81. The number of rotatable bonds is 7. The van der Waals surface area contributed by atoms with Crippen LogP contribution in [-0.4, -0.2) is 9.13 Å². The molecule has 0 fully saturated rings. The van der Waals surface area contributed by atoms with Gasteiger partial charge in [0.25, 0.3) is 0 Å². The molecule has 31 heavy (non-hydrogen) atoms. The highest BCUT2D eigenvalue weighted by molar-refractivity contribution is 5.89. The van der Waals surface area contributed by atoms with Gasteiger partial charge in [0.05, 0.1) is 0 Å². The van der Waals surface area contributed by atoms with E-state index >= 15 is 0 Å². The molecule has 5 rings (SSSR count). The van der Waals surface area contributed by atoms with Crippen molar-refractivity contribution in [3.8, 4) is 0 Å². The van der Waals surface area contributed by atoms with Gasteiger partial charge in [-0.25, -0.2) is 0 Å². The molecule has 0 saturated carbocycles. The third kappa shape index (κ3) is 3.46. The van der Waals surface area contributed by atoms with Crippen LogP contribution in [0.4, 0.5) is 0 Å². The van der Waals surface area contributed by atoms with Crippen LogP contribution >= 0.6 is 0 Å². The molecule has 0 atom stereocenters. The van der Waals surface area contributed by atoms with Crippen LogP contribution < -0.4 is 0 Å². The van der Waals surface area contributed by atoms with E-state index in [9.17, 15) is 0 Å². The fraction of sp³-hybridized carbons (Fsp3) is 0.241. The summed E-state index contributed by atoms with van der Waals surface area (Å²) in [4.78, 5) is 0. The molecule has 0 aliphatic heterocycles. The maximum atomic E-state index is 2.44. The zero-order valence-corrected chi connectivity index (χ0v) is 18.5. The Morgan fingerprint density at radius 1 is 0.581 bits per heavy atom. The minimum atomic E-state index is 0.201. The third-order valence-corrected chi connectivity index (χ3v) is 6.32. The molecule has 156 valence electrons. The molecular weight excluding hydrogens is 376 g/mol. The highest BCUT2D eigenvalue weighted by Gasteiger charge is 2.25. The highest BCUT2D eigenvalue weighted by Crippen LogP contribution is 2.40. The second kappa shape index (κ2) is 8.47. The van der Waals surface area contributed by atoms with E-state index in [1.807, 2.05) is 0 Å². The first kappa shape index (κ1) is 19.7. The van der Waals surface area contributed by atoms with Crippen LogP contribution in [0, 0.1) is 0 Å². The zero-order valence-electron chi connectivity index (χ0n) is 18.5. The molecule has 2 heteroatoms. The Balaban J connectivity index is 1.81. The van der Waals surface area contributed by atoms with Gasteiger partial charge in [0.2, 0.25) is 0 Å². The normalized spacial score (nSPS) is 11.7. The minimum Gasteiger partial charge on any atom is -0.347 e. The lowest BCUT2D eigenvalue weighted by Gasteiger charge is -2.17. The number of benzene rings is 3.